The Morgan fingerprint density at radius 2 is 1.62 bits per heavy atom. The molecule has 26 heavy (non-hydrogen) atoms. The van der Waals surface area contributed by atoms with Crippen molar-refractivity contribution in [2.45, 2.75) is 49.9 Å². The Hall–Kier alpha value is -0.840. The predicted molar refractivity (Wildman–Crippen MR) is 77.4 cm³/mol. The van der Waals surface area contributed by atoms with E-state index in [2.05, 4.69) is 14.4 Å². The molecule has 2 aliphatic rings. The van der Waals surface area contributed by atoms with Gasteiger partial charge >= 0.3 is 19.9 Å². The molecule has 0 aromatic rings. The van der Waals surface area contributed by atoms with Gasteiger partial charge in [0.2, 0.25) is 5.91 Å². The maximum Gasteiger partial charge on any atom is 0.412 e. The highest BCUT2D eigenvalue weighted by Crippen LogP contribution is 2.58. The summed E-state index contributed by atoms with van der Waals surface area (Å²) >= 11 is 0. The van der Waals surface area contributed by atoms with Gasteiger partial charge in [0.15, 0.2) is 13.2 Å². The molecule has 152 valence electrons. The summed E-state index contributed by atoms with van der Waals surface area (Å²) in [6.07, 6.45) is -8.40. The van der Waals surface area contributed by atoms with Gasteiger partial charge in [-0.3, -0.25) is 18.4 Å². The van der Waals surface area contributed by atoms with E-state index >= 15 is 0 Å². The highest BCUT2D eigenvalue weighted by atomic mass is 31.2. The van der Waals surface area contributed by atoms with Crippen molar-refractivity contribution in [3.63, 3.8) is 0 Å². The third-order valence-corrected chi connectivity index (χ3v) is 6.29. The largest absolute Gasteiger partial charge is 0.412 e. The number of carbonyl (C=O) groups is 1. The van der Waals surface area contributed by atoms with Gasteiger partial charge in [-0.1, -0.05) is 0 Å². The average Bonchev–Trinajstić information content (AvgIpc) is 3.20. The minimum Gasteiger partial charge on any atom is -0.327 e. The molecule has 0 spiro atoms. The van der Waals surface area contributed by atoms with Crippen LogP contribution in [0.3, 0.4) is 0 Å². The quantitative estimate of drug-likeness (QED) is 0.537. The number of amides is 1. The first-order valence-corrected chi connectivity index (χ1v) is 9.59. The normalized spacial score (nSPS) is 25.1. The summed E-state index contributed by atoms with van der Waals surface area (Å²) in [5.74, 6) is -1.99. The van der Waals surface area contributed by atoms with Crippen molar-refractivity contribution < 1.29 is 44.7 Å². The van der Waals surface area contributed by atoms with Crippen LogP contribution in [0.15, 0.2) is 0 Å². The molecule has 0 aromatic heterocycles. The van der Waals surface area contributed by atoms with Gasteiger partial charge in [-0.05, 0) is 32.2 Å². The Morgan fingerprint density at radius 1 is 1.04 bits per heavy atom. The maximum atomic E-state index is 12.8. The summed E-state index contributed by atoms with van der Waals surface area (Å²) in [4.78, 5) is 13.5. The number of likely N-dealkylation sites (tertiary alicyclic amines) is 1. The third-order valence-electron chi connectivity index (χ3n) is 4.04. The lowest BCUT2D eigenvalue weighted by atomic mass is 10.2. The van der Waals surface area contributed by atoms with Crippen molar-refractivity contribution in [1.29, 1.82) is 0 Å². The van der Waals surface area contributed by atoms with E-state index in [9.17, 15) is 35.7 Å². The summed E-state index contributed by atoms with van der Waals surface area (Å²) in [5, 5.41) is 2.90. The molecule has 0 saturated carbocycles. The van der Waals surface area contributed by atoms with E-state index in [0.717, 1.165) is 4.90 Å². The van der Waals surface area contributed by atoms with Crippen LogP contribution in [-0.4, -0.2) is 61.3 Å². The number of hydrogen-bond acceptors (Lipinski definition) is 5. The van der Waals surface area contributed by atoms with E-state index in [1.807, 2.05) is 0 Å². The summed E-state index contributed by atoms with van der Waals surface area (Å²) in [6.45, 7) is -3.41. The summed E-state index contributed by atoms with van der Waals surface area (Å²) < 4.78 is 96.0. The first kappa shape index (κ1) is 21.5. The lowest BCUT2D eigenvalue weighted by Gasteiger charge is -2.32. The molecule has 6 nitrogen and oxygen atoms in total. The summed E-state index contributed by atoms with van der Waals surface area (Å²) in [6, 6.07) is -0.603. The smallest absolute Gasteiger partial charge is 0.327 e. The highest BCUT2D eigenvalue weighted by Gasteiger charge is 2.49. The molecule has 0 aromatic carbocycles. The number of nitrogens with one attached hydrogen (secondary N) is 1. The van der Waals surface area contributed by atoms with E-state index in [1.165, 1.54) is 0 Å². The fraction of sp³-hybridized carbons (Fsp3) is 0.923. The topological polar surface area (TPSA) is 67.9 Å². The molecule has 1 amide bonds. The van der Waals surface area contributed by atoms with E-state index in [4.69, 9.17) is 0 Å². The van der Waals surface area contributed by atoms with Crippen LogP contribution in [0.5, 0.6) is 0 Å². The monoisotopic (exact) mass is 412 g/mol. The summed E-state index contributed by atoms with van der Waals surface area (Å²) in [7, 11) is -4.87. The standard InChI is InChI=1S/C13H19F6N2O4P/c14-12(15,16)7-24-26(23,25-8-13(17,18)19)10-4-2-6-21(10)11(22)9-3-1-5-20-9/h9-10,20H,1-8H2. The van der Waals surface area contributed by atoms with Gasteiger partial charge in [0.1, 0.15) is 5.78 Å². The Labute approximate surface area is 145 Å². The van der Waals surface area contributed by atoms with Crippen LogP contribution in [0.25, 0.3) is 0 Å². The minimum absolute atomic E-state index is 0.0640. The van der Waals surface area contributed by atoms with E-state index in [1.54, 1.807) is 0 Å². The lowest BCUT2D eigenvalue weighted by Crippen LogP contribution is -2.46. The number of hydrogen-bond donors (Lipinski definition) is 1. The molecule has 0 bridgehead atoms. The number of carbonyl (C=O) groups excluding carboxylic acids is 1. The number of rotatable bonds is 6. The van der Waals surface area contributed by atoms with Gasteiger partial charge in [0, 0.05) is 6.54 Å². The van der Waals surface area contributed by atoms with Crippen molar-refractivity contribution in [1.82, 2.24) is 10.2 Å². The van der Waals surface area contributed by atoms with Gasteiger partial charge in [-0.15, -0.1) is 0 Å². The van der Waals surface area contributed by atoms with Gasteiger partial charge in [-0.2, -0.15) is 26.3 Å². The van der Waals surface area contributed by atoms with Gasteiger partial charge in [0.05, 0.1) is 6.04 Å². The zero-order valence-electron chi connectivity index (χ0n) is 13.6. The van der Waals surface area contributed by atoms with Crippen LogP contribution >= 0.6 is 7.60 Å². The molecule has 2 rings (SSSR count). The highest BCUT2D eigenvalue weighted by molar-refractivity contribution is 7.54. The second-order valence-corrected chi connectivity index (χ2v) is 8.31. The van der Waals surface area contributed by atoms with Crippen molar-refractivity contribution in [2.24, 2.45) is 0 Å². The SMILES string of the molecule is O=C(C1CCCN1)N1CCCC1P(=O)(OCC(F)(F)F)OCC(F)(F)F. The molecule has 13 heteroatoms. The van der Waals surface area contributed by atoms with Crippen LogP contribution < -0.4 is 5.32 Å². The van der Waals surface area contributed by atoms with Crippen molar-refractivity contribution >= 4 is 13.5 Å². The second-order valence-electron chi connectivity index (χ2n) is 6.12. The molecule has 2 atom stereocenters. The van der Waals surface area contributed by atoms with Gasteiger partial charge < -0.3 is 10.2 Å². The number of alkyl halides is 6. The molecule has 0 aliphatic carbocycles. The van der Waals surface area contributed by atoms with Gasteiger partial charge in [-0.25, -0.2) is 0 Å². The lowest BCUT2D eigenvalue weighted by molar-refractivity contribution is -0.166. The van der Waals surface area contributed by atoms with Crippen molar-refractivity contribution in [3.05, 3.63) is 0 Å². The maximum absolute atomic E-state index is 12.8. The Kier molecular flexibility index (Phi) is 6.63. The van der Waals surface area contributed by atoms with E-state index in [-0.39, 0.29) is 19.4 Å². The van der Waals surface area contributed by atoms with Crippen molar-refractivity contribution in [3.8, 4) is 0 Å². The minimum atomic E-state index is -4.91. The van der Waals surface area contributed by atoms with Crippen LogP contribution in [0.1, 0.15) is 25.7 Å². The molecular weight excluding hydrogens is 393 g/mol. The first-order chi connectivity index (χ1) is 11.9. The van der Waals surface area contributed by atoms with Crippen LogP contribution in [0.4, 0.5) is 26.3 Å². The molecule has 0 radical (unpaired) electrons. The van der Waals surface area contributed by atoms with Crippen LogP contribution in [-0.2, 0) is 18.4 Å². The Bertz CT molecular complexity index is 528. The predicted octanol–water partition coefficient (Wildman–Crippen LogP) is 3.04. The van der Waals surface area contributed by atoms with Crippen LogP contribution in [0.2, 0.25) is 0 Å². The second kappa shape index (κ2) is 8.04. The van der Waals surface area contributed by atoms with E-state index < -0.39 is 50.9 Å². The fourth-order valence-corrected chi connectivity index (χ4v) is 5.11. The third kappa shape index (κ3) is 5.83. The first-order valence-electron chi connectivity index (χ1n) is 7.97. The molecule has 1 N–H and O–H groups in total. The van der Waals surface area contributed by atoms with Crippen molar-refractivity contribution in [2.75, 3.05) is 26.3 Å². The molecule has 2 aliphatic heterocycles. The van der Waals surface area contributed by atoms with E-state index in [0.29, 0.717) is 19.4 Å². The zero-order chi connectivity index (χ0) is 19.6. The molecular formula is C13H19F6N2O4P. The fourth-order valence-electron chi connectivity index (χ4n) is 2.97. The number of halogens is 6. The Morgan fingerprint density at radius 3 is 2.08 bits per heavy atom. The number of nitrogens with zero attached hydrogens (tertiary/aromatic N) is 1. The van der Waals surface area contributed by atoms with Gasteiger partial charge in [0.25, 0.3) is 0 Å². The van der Waals surface area contributed by atoms with Crippen LogP contribution in [0, 0.1) is 0 Å². The molecule has 2 heterocycles. The molecule has 2 fully saturated rings. The Balaban J connectivity index is 2.18. The average molecular weight is 412 g/mol. The zero-order valence-corrected chi connectivity index (χ0v) is 14.5. The molecule has 2 unspecified atom stereocenters. The summed E-state index contributed by atoms with van der Waals surface area (Å²) in [5.41, 5.74) is 0. The molecule has 2 saturated heterocycles.